The fourth-order valence-corrected chi connectivity index (χ4v) is 3.63. The number of anilines is 1. The third kappa shape index (κ3) is 3.12. The molecule has 112 valence electrons. The highest BCUT2D eigenvalue weighted by atomic mass is 32.2. The van der Waals surface area contributed by atoms with Gasteiger partial charge in [0.15, 0.2) is 9.84 Å². The summed E-state index contributed by atoms with van der Waals surface area (Å²) in [6, 6.07) is 12.3. The van der Waals surface area contributed by atoms with Crippen LogP contribution >= 0.6 is 11.3 Å². The van der Waals surface area contributed by atoms with Gasteiger partial charge in [-0.25, -0.2) is 8.42 Å². The Morgan fingerprint density at radius 3 is 2.64 bits per heavy atom. The van der Waals surface area contributed by atoms with Crippen LogP contribution in [0.3, 0.4) is 0 Å². The van der Waals surface area contributed by atoms with Gasteiger partial charge in [-0.3, -0.25) is 10.1 Å². The van der Waals surface area contributed by atoms with Crippen LogP contribution in [0.15, 0.2) is 52.9 Å². The van der Waals surface area contributed by atoms with Crippen molar-refractivity contribution in [1.82, 2.24) is 10.2 Å². The van der Waals surface area contributed by atoms with Gasteiger partial charge in [0.1, 0.15) is 11.3 Å². The molecule has 0 aliphatic rings. The third-order valence-electron chi connectivity index (χ3n) is 3.01. The van der Waals surface area contributed by atoms with Crippen molar-refractivity contribution in [3.63, 3.8) is 0 Å². The molecule has 0 radical (unpaired) electrons. The van der Waals surface area contributed by atoms with E-state index in [1.165, 1.54) is 11.6 Å². The highest BCUT2D eigenvalue weighted by Gasteiger charge is 2.20. The lowest BCUT2D eigenvalue weighted by molar-refractivity contribution is -0.113. The van der Waals surface area contributed by atoms with Gasteiger partial charge in [0.05, 0.1) is 4.90 Å². The maximum absolute atomic E-state index is 12.3. The second-order valence-corrected chi connectivity index (χ2v) is 7.38. The molecule has 8 heteroatoms. The Morgan fingerprint density at radius 2 is 1.91 bits per heavy atom. The normalized spacial score (nSPS) is 11.5. The fraction of sp³-hybridized carbons (Fsp3) is 0.0714. The Morgan fingerprint density at radius 1 is 1.14 bits per heavy atom. The van der Waals surface area contributed by atoms with E-state index in [0.717, 1.165) is 22.1 Å². The van der Waals surface area contributed by atoms with E-state index in [1.54, 1.807) is 12.1 Å². The van der Waals surface area contributed by atoms with Crippen molar-refractivity contribution in [2.24, 2.45) is 0 Å². The number of nitrogens with one attached hydrogen (secondary N) is 1. The molecule has 1 N–H and O–H groups in total. The van der Waals surface area contributed by atoms with Gasteiger partial charge < -0.3 is 0 Å². The number of benzene rings is 2. The molecule has 0 aliphatic heterocycles. The number of carbonyl (C=O) groups excluding carboxylic acids is 1. The van der Waals surface area contributed by atoms with Gasteiger partial charge in [-0.2, -0.15) is 0 Å². The van der Waals surface area contributed by atoms with Crippen LogP contribution in [0.5, 0.6) is 0 Å². The summed E-state index contributed by atoms with van der Waals surface area (Å²) in [4.78, 5) is 11.9. The Balaban J connectivity index is 1.83. The topological polar surface area (TPSA) is 89.0 Å². The van der Waals surface area contributed by atoms with Gasteiger partial charge in [0.25, 0.3) is 0 Å². The molecule has 3 aromatic rings. The lowest BCUT2D eigenvalue weighted by Crippen LogP contribution is -2.23. The average molecular weight is 333 g/mol. The first-order chi connectivity index (χ1) is 10.5. The number of hydrogen-bond donors (Lipinski definition) is 1. The van der Waals surface area contributed by atoms with E-state index >= 15 is 0 Å². The van der Waals surface area contributed by atoms with Crippen LogP contribution in [0.4, 0.5) is 5.13 Å². The molecule has 1 amide bonds. The monoisotopic (exact) mass is 333 g/mol. The molecule has 0 spiro atoms. The van der Waals surface area contributed by atoms with Crippen LogP contribution in [0.2, 0.25) is 0 Å². The molecule has 1 aromatic heterocycles. The van der Waals surface area contributed by atoms with Crippen LogP contribution in [0, 0.1) is 0 Å². The number of sulfone groups is 1. The minimum Gasteiger partial charge on any atom is -0.300 e. The first kappa shape index (κ1) is 14.6. The molecule has 6 nitrogen and oxygen atoms in total. The lowest BCUT2D eigenvalue weighted by atomic mass is 10.1. The van der Waals surface area contributed by atoms with Crippen LogP contribution in [0.1, 0.15) is 0 Å². The van der Waals surface area contributed by atoms with E-state index < -0.39 is 21.5 Å². The van der Waals surface area contributed by atoms with Crippen molar-refractivity contribution in [3.05, 3.63) is 48.0 Å². The lowest BCUT2D eigenvalue weighted by Gasteiger charge is -2.06. The molecule has 0 bridgehead atoms. The van der Waals surface area contributed by atoms with Crippen LogP contribution in [-0.2, 0) is 14.6 Å². The van der Waals surface area contributed by atoms with E-state index in [4.69, 9.17) is 0 Å². The summed E-state index contributed by atoms with van der Waals surface area (Å²) in [5.74, 6) is -1.27. The Hall–Kier alpha value is -2.32. The highest BCUT2D eigenvalue weighted by molar-refractivity contribution is 7.92. The smallest absolute Gasteiger partial charge is 0.241 e. The maximum atomic E-state index is 12.3. The van der Waals surface area contributed by atoms with Gasteiger partial charge in [-0.15, -0.1) is 10.2 Å². The summed E-state index contributed by atoms with van der Waals surface area (Å²) in [7, 11) is -3.71. The predicted molar refractivity (Wildman–Crippen MR) is 84.5 cm³/mol. The highest BCUT2D eigenvalue weighted by Crippen LogP contribution is 2.20. The van der Waals surface area contributed by atoms with Crippen molar-refractivity contribution in [3.8, 4) is 0 Å². The molecule has 0 aliphatic carbocycles. The summed E-state index contributed by atoms with van der Waals surface area (Å²) >= 11 is 1.13. The number of rotatable bonds is 4. The molecule has 22 heavy (non-hydrogen) atoms. The van der Waals surface area contributed by atoms with Crippen molar-refractivity contribution < 1.29 is 13.2 Å². The minimum atomic E-state index is -3.71. The molecular weight excluding hydrogens is 322 g/mol. The van der Waals surface area contributed by atoms with Gasteiger partial charge in [-0.1, -0.05) is 41.7 Å². The number of fused-ring (bicyclic) bond motifs is 1. The SMILES string of the molecule is O=C(CS(=O)(=O)c1ccc2ccccc2c1)Nc1nncs1. The largest absolute Gasteiger partial charge is 0.300 e. The number of hydrogen-bond acceptors (Lipinski definition) is 6. The number of nitrogens with zero attached hydrogens (tertiary/aromatic N) is 2. The summed E-state index contributed by atoms with van der Waals surface area (Å²) in [6.07, 6.45) is 0. The van der Waals surface area contributed by atoms with Crippen molar-refractivity contribution in [2.75, 3.05) is 11.1 Å². The Bertz CT molecular complexity index is 921. The number of amides is 1. The number of aromatic nitrogens is 2. The molecule has 3 rings (SSSR count). The molecule has 0 saturated heterocycles. The first-order valence-electron chi connectivity index (χ1n) is 6.32. The Kier molecular flexibility index (Phi) is 3.86. The van der Waals surface area contributed by atoms with Crippen molar-refractivity contribution in [1.29, 1.82) is 0 Å². The zero-order valence-electron chi connectivity index (χ0n) is 11.3. The molecule has 0 unspecified atom stereocenters. The second-order valence-electron chi connectivity index (χ2n) is 4.56. The predicted octanol–water partition coefficient (Wildman–Crippen LogP) is 2.10. The summed E-state index contributed by atoms with van der Waals surface area (Å²) in [6.45, 7) is 0. The average Bonchev–Trinajstić information content (AvgIpc) is 2.99. The van der Waals surface area contributed by atoms with Gasteiger partial charge in [-0.05, 0) is 22.9 Å². The van der Waals surface area contributed by atoms with E-state index in [9.17, 15) is 13.2 Å². The number of carbonyl (C=O) groups is 1. The molecule has 0 fully saturated rings. The molecule has 0 saturated carbocycles. The molecule has 2 aromatic carbocycles. The van der Waals surface area contributed by atoms with Crippen molar-refractivity contribution >= 4 is 43.0 Å². The first-order valence-corrected chi connectivity index (χ1v) is 8.85. The molecule has 1 heterocycles. The zero-order valence-corrected chi connectivity index (χ0v) is 12.9. The maximum Gasteiger partial charge on any atom is 0.241 e. The van der Waals surface area contributed by atoms with Crippen molar-refractivity contribution in [2.45, 2.75) is 4.90 Å². The van der Waals surface area contributed by atoms with E-state index in [0.29, 0.717) is 0 Å². The quantitative estimate of drug-likeness (QED) is 0.790. The second kappa shape index (κ2) is 5.82. The molecular formula is C14H11N3O3S2. The van der Waals surface area contributed by atoms with Gasteiger partial charge in [0, 0.05) is 0 Å². The zero-order chi connectivity index (χ0) is 15.6. The third-order valence-corrected chi connectivity index (χ3v) is 5.23. The summed E-state index contributed by atoms with van der Waals surface area (Å²) in [5, 5.41) is 11.7. The Labute approximate surface area is 130 Å². The van der Waals surface area contributed by atoms with E-state index in [1.807, 2.05) is 24.3 Å². The summed E-state index contributed by atoms with van der Waals surface area (Å²) < 4.78 is 24.6. The molecule has 0 atom stereocenters. The van der Waals surface area contributed by atoms with E-state index in [-0.39, 0.29) is 10.0 Å². The standard InChI is InChI=1S/C14H11N3O3S2/c18-13(16-14-17-15-9-21-14)8-22(19,20)12-6-5-10-3-1-2-4-11(10)7-12/h1-7,9H,8H2,(H,16,17,18). The fourth-order valence-electron chi connectivity index (χ4n) is 2.00. The van der Waals surface area contributed by atoms with Crippen LogP contribution < -0.4 is 5.32 Å². The summed E-state index contributed by atoms with van der Waals surface area (Å²) in [5.41, 5.74) is 1.45. The van der Waals surface area contributed by atoms with E-state index in [2.05, 4.69) is 15.5 Å². The minimum absolute atomic E-state index is 0.124. The van der Waals surface area contributed by atoms with Crippen LogP contribution in [-0.4, -0.2) is 30.3 Å². The van der Waals surface area contributed by atoms with Crippen LogP contribution in [0.25, 0.3) is 10.8 Å². The van der Waals surface area contributed by atoms with Gasteiger partial charge in [0.2, 0.25) is 11.0 Å². The van der Waals surface area contributed by atoms with Gasteiger partial charge >= 0.3 is 0 Å².